The van der Waals surface area contributed by atoms with E-state index in [9.17, 15) is 18.5 Å². The molecular formula is C26H24ClN3O4S. The second kappa shape index (κ2) is 9.02. The lowest BCUT2D eigenvalue weighted by molar-refractivity contribution is -0.384. The fourth-order valence-electron chi connectivity index (χ4n) is 5.14. The van der Waals surface area contributed by atoms with Crippen LogP contribution >= 0.6 is 11.6 Å². The third-order valence-corrected chi connectivity index (χ3v) is 9.02. The van der Waals surface area contributed by atoms with E-state index in [1.54, 1.807) is 36.4 Å². The van der Waals surface area contributed by atoms with Gasteiger partial charge in [-0.3, -0.25) is 14.4 Å². The highest BCUT2D eigenvalue weighted by atomic mass is 35.5. The largest absolute Gasteiger partial charge is 0.378 e. The number of hydrogen-bond acceptors (Lipinski definition) is 5. The number of non-ortho nitro benzene ring substituents is 1. The number of hydrogen-bond donors (Lipinski definition) is 1. The van der Waals surface area contributed by atoms with Gasteiger partial charge in [0.15, 0.2) is 0 Å². The van der Waals surface area contributed by atoms with Crippen LogP contribution in [0.5, 0.6) is 0 Å². The van der Waals surface area contributed by atoms with Gasteiger partial charge in [-0.05, 0) is 61.2 Å². The van der Waals surface area contributed by atoms with Gasteiger partial charge in [0.05, 0.1) is 21.5 Å². The number of fused-ring (bicyclic) bond motifs is 3. The van der Waals surface area contributed by atoms with E-state index < -0.39 is 14.9 Å². The number of para-hydroxylation sites is 1. The van der Waals surface area contributed by atoms with Crippen LogP contribution in [0.25, 0.3) is 0 Å². The number of nitrogens with one attached hydrogen (secondary N) is 1. The minimum Gasteiger partial charge on any atom is -0.378 e. The number of sulfonamides is 1. The monoisotopic (exact) mass is 509 g/mol. The van der Waals surface area contributed by atoms with Gasteiger partial charge in [-0.15, -0.1) is 0 Å². The van der Waals surface area contributed by atoms with Gasteiger partial charge in [-0.25, -0.2) is 8.42 Å². The molecule has 1 aliphatic carbocycles. The van der Waals surface area contributed by atoms with Gasteiger partial charge in [-0.1, -0.05) is 42.0 Å². The summed E-state index contributed by atoms with van der Waals surface area (Å²) in [4.78, 5) is 11.2. The van der Waals surface area contributed by atoms with E-state index in [2.05, 4.69) is 17.5 Å². The Morgan fingerprint density at radius 2 is 1.86 bits per heavy atom. The molecule has 3 aromatic carbocycles. The normalized spacial score (nSPS) is 20.6. The topological polar surface area (TPSA) is 92.5 Å². The summed E-state index contributed by atoms with van der Waals surface area (Å²) >= 11 is 6.48. The molecule has 0 amide bonds. The molecule has 35 heavy (non-hydrogen) atoms. The molecule has 9 heteroatoms. The van der Waals surface area contributed by atoms with Gasteiger partial charge in [0, 0.05) is 40.9 Å². The number of halogens is 1. The Morgan fingerprint density at radius 1 is 1.09 bits per heavy atom. The molecule has 1 aliphatic heterocycles. The first-order chi connectivity index (χ1) is 16.8. The zero-order valence-corrected chi connectivity index (χ0v) is 20.5. The van der Waals surface area contributed by atoms with Crippen molar-refractivity contribution in [2.45, 2.75) is 30.2 Å². The van der Waals surface area contributed by atoms with Gasteiger partial charge in [0.25, 0.3) is 15.7 Å². The van der Waals surface area contributed by atoms with Gasteiger partial charge < -0.3 is 5.32 Å². The predicted octanol–water partition coefficient (Wildman–Crippen LogP) is 6.29. The highest BCUT2D eigenvalue weighted by molar-refractivity contribution is 7.92. The molecule has 2 aliphatic rings. The van der Waals surface area contributed by atoms with Crippen LogP contribution < -0.4 is 9.62 Å². The fourth-order valence-corrected chi connectivity index (χ4v) is 6.88. The fraction of sp³-hybridized carbons (Fsp3) is 0.231. The molecule has 0 saturated carbocycles. The van der Waals surface area contributed by atoms with Crippen molar-refractivity contribution >= 4 is 38.7 Å². The number of rotatable bonds is 6. The maximum Gasteiger partial charge on any atom is 0.269 e. The Kier molecular flexibility index (Phi) is 6.02. The third kappa shape index (κ3) is 4.06. The molecule has 1 N–H and O–H groups in total. The summed E-state index contributed by atoms with van der Waals surface area (Å²) in [5.41, 5.74) is 2.97. The minimum atomic E-state index is -3.77. The smallest absolute Gasteiger partial charge is 0.269 e. The predicted molar refractivity (Wildman–Crippen MR) is 138 cm³/mol. The molecule has 0 saturated heterocycles. The van der Waals surface area contributed by atoms with E-state index in [-0.39, 0.29) is 28.5 Å². The zero-order chi connectivity index (χ0) is 24.7. The van der Waals surface area contributed by atoms with Gasteiger partial charge in [0.2, 0.25) is 0 Å². The first-order valence-corrected chi connectivity index (χ1v) is 13.2. The maximum atomic E-state index is 13.6. The van der Waals surface area contributed by atoms with E-state index in [4.69, 9.17) is 11.6 Å². The summed E-state index contributed by atoms with van der Waals surface area (Å²) < 4.78 is 28.6. The van der Waals surface area contributed by atoms with Crippen molar-refractivity contribution in [3.63, 3.8) is 0 Å². The number of anilines is 2. The van der Waals surface area contributed by atoms with E-state index in [1.807, 2.05) is 25.1 Å². The second-order valence-electron chi connectivity index (χ2n) is 8.69. The van der Waals surface area contributed by atoms with Crippen LogP contribution in [-0.2, 0) is 10.0 Å². The van der Waals surface area contributed by atoms with E-state index in [1.165, 1.54) is 16.4 Å². The Morgan fingerprint density at radius 3 is 2.57 bits per heavy atom. The first kappa shape index (κ1) is 23.4. The lowest BCUT2D eigenvalue weighted by Gasteiger charge is -2.38. The molecule has 5 rings (SSSR count). The summed E-state index contributed by atoms with van der Waals surface area (Å²) in [6.45, 7) is 2.12. The number of nitro benzene ring substituents is 1. The standard InChI is InChI=1S/C26H24ClN3O4S/c1-2-29(17-7-4-3-5-8-17)35(33,34)19-12-14-25-22(16-19)20-9-6-10-21(20)26(28-25)23-15-18(30(31)32)11-13-24(23)27/h3-9,11-16,20-21,26,28H,2,10H2,1H3. The van der Waals surface area contributed by atoms with E-state index >= 15 is 0 Å². The van der Waals surface area contributed by atoms with Crippen molar-refractivity contribution in [1.29, 1.82) is 0 Å². The maximum absolute atomic E-state index is 13.6. The van der Waals surface area contributed by atoms with Crippen LogP contribution in [0, 0.1) is 16.0 Å². The average molecular weight is 510 g/mol. The van der Waals surface area contributed by atoms with E-state index in [0.717, 1.165) is 17.7 Å². The highest BCUT2D eigenvalue weighted by Crippen LogP contribution is 2.51. The third-order valence-electron chi connectivity index (χ3n) is 6.78. The molecule has 1 heterocycles. The van der Waals surface area contributed by atoms with Crippen LogP contribution in [-0.4, -0.2) is 19.9 Å². The molecule has 3 unspecified atom stereocenters. The molecular weight excluding hydrogens is 486 g/mol. The Labute approximate surface area is 209 Å². The summed E-state index contributed by atoms with van der Waals surface area (Å²) in [7, 11) is -3.77. The molecule has 180 valence electrons. The van der Waals surface area contributed by atoms with Crippen molar-refractivity contribution < 1.29 is 13.3 Å². The van der Waals surface area contributed by atoms with Gasteiger partial charge >= 0.3 is 0 Å². The molecule has 0 aromatic heterocycles. The first-order valence-electron chi connectivity index (χ1n) is 11.4. The molecule has 0 fully saturated rings. The molecule has 3 aromatic rings. The minimum absolute atomic E-state index is 0.0125. The Bertz CT molecular complexity index is 1430. The number of allylic oxidation sites excluding steroid dienone is 2. The quantitative estimate of drug-likeness (QED) is 0.239. The number of benzene rings is 3. The highest BCUT2D eigenvalue weighted by Gasteiger charge is 2.40. The lowest BCUT2D eigenvalue weighted by atomic mass is 9.77. The summed E-state index contributed by atoms with van der Waals surface area (Å²) in [5.74, 6) is 0.0184. The summed E-state index contributed by atoms with van der Waals surface area (Å²) in [5, 5.41) is 15.3. The summed E-state index contributed by atoms with van der Waals surface area (Å²) in [6, 6.07) is 18.4. The van der Waals surface area contributed by atoms with Crippen molar-refractivity contribution in [2.75, 3.05) is 16.2 Å². The molecule has 0 radical (unpaired) electrons. The Balaban J connectivity index is 1.55. The summed E-state index contributed by atoms with van der Waals surface area (Å²) in [6.07, 6.45) is 4.92. The van der Waals surface area contributed by atoms with Crippen LogP contribution in [0.2, 0.25) is 5.02 Å². The van der Waals surface area contributed by atoms with Crippen LogP contribution in [0.1, 0.15) is 36.4 Å². The van der Waals surface area contributed by atoms with Gasteiger partial charge in [0.1, 0.15) is 0 Å². The second-order valence-corrected chi connectivity index (χ2v) is 11.0. The van der Waals surface area contributed by atoms with Crippen molar-refractivity contribution in [2.24, 2.45) is 5.92 Å². The lowest BCUT2D eigenvalue weighted by Crippen LogP contribution is -2.32. The van der Waals surface area contributed by atoms with Crippen LogP contribution in [0.15, 0.2) is 83.8 Å². The Hall–Kier alpha value is -3.36. The number of nitrogens with zero attached hydrogens (tertiary/aromatic N) is 2. The molecule has 7 nitrogen and oxygen atoms in total. The van der Waals surface area contributed by atoms with Gasteiger partial charge in [-0.2, -0.15) is 0 Å². The number of nitro groups is 1. The van der Waals surface area contributed by atoms with Crippen molar-refractivity contribution in [1.82, 2.24) is 0 Å². The molecule has 0 bridgehead atoms. The van der Waals surface area contributed by atoms with Crippen molar-refractivity contribution in [3.05, 3.63) is 105 Å². The van der Waals surface area contributed by atoms with Crippen LogP contribution in [0.3, 0.4) is 0 Å². The SMILES string of the molecule is CCN(c1ccccc1)S(=O)(=O)c1ccc2c(c1)C1C=CCC1C(c1cc([N+](=O)[O-])ccc1Cl)N2. The zero-order valence-electron chi connectivity index (χ0n) is 19.0. The van der Waals surface area contributed by atoms with Crippen molar-refractivity contribution in [3.8, 4) is 0 Å². The average Bonchev–Trinajstić information content (AvgIpc) is 3.35. The van der Waals surface area contributed by atoms with E-state index in [0.29, 0.717) is 22.8 Å². The molecule has 0 spiro atoms. The van der Waals surface area contributed by atoms with Crippen LogP contribution in [0.4, 0.5) is 17.1 Å². The molecule has 3 atom stereocenters.